The van der Waals surface area contributed by atoms with E-state index in [-0.39, 0.29) is 5.56 Å². The number of furan rings is 1. The Morgan fingerprint density at radius 2 is 2.10 bits per heavy atom. The first-order valence-corrected chi connectivity index (χ1v) is 6.38. The van der Waals surface area contributed by atoms with Gasteiger partial charge in [0.15, 0.2) is 0 Å². The van der Waals surface area contributed by atoms with Gasteiger partial charge in [0, 0.05) is 6.54 Å². The summed E-state index contributed by atoms with van der Waals surface area (Å²) in [6.07, 6.45) is 0. The van der Waals surface area contributed by atoms with E-state index in [0.717, 1.165) is 11.5 Å². The molecule has 1 aromatic heterocycles. The molecule has 0 bridgehead atoms. The number of benzene rings is 1. The number of carbonyl (C=O) groups is 1. The van der Waals surface area contributed by atoms with Gasteiger partial charge in [0.05, 0.1) is 6.54 Å². The predicted molar refractivity (Wildman–Crippen MR) is 74.0 cm³/mol. The van der Waals surface area contributed by atoms with Gasteiger partial charge in [0.2, 0.25) is 0 Å². The molecule has 0 aliphatic rings. The van der Waals surface area contributed by atoms with E-state index < -0.39 is 5.97 Å². The van der Waals surface area contributed by atoms with Crippen LogP contribution < -0.4 is 10.1 Å². The molecule has 106 valence electrons. The fourth-order valence-electron chi connectivity index (χ4n) is 1.79. The van der Waals surface area contributed by atoms with E-state index in [1.165, 1.54) is 6.07 Å². The molecular formula is C15H17NO4. The van der Waals surface area contributed by atoms with Crippen LogP contribution in [0.3, 0.4) is 0 Å². The first-order valence-electron chi connectivity index (χ1n) is 6.38. The first-order chi connectivity index (χ1) is 9.66. The third kappa shape index (κ3) is 3.86. The molecular weight excluding hydrogens is 258 g/mol. The fraction of sp³-hybridized carbons (Fsp3) is 0.267. The maximum absolute atomic E-state index is 11.0. The van der Waals surface area contributed by atoms with Crippen molar-refractivity contribution in [3.8, 4) is 5.75 Å². The largest absolute Gasteiger partial charge is 0.491 e. The zero-order chi connectivity index (χ0) is 14.4. The second-order valence-electron chi connectivity index (χ2n) is 4.34. The summed E-state index contributed by atoms with van der Waals surface area (Å²) < 4.78 is 10.9. The number of hydrogen-bond acceptors (Lipinski definition) is 4. The Balaban J connectivity index is 1.75. The Hall–Kier alpha value is -2.27. The number of nitrogens with one attached hydrogen (secondary N) is 1. The lowest BCUT2D eigenvalue weighted by Gasteiger charge is -2.09. The van der Waals surface area contributed by atoms with Crippen molar-refractivity contribution < 1.29 is 19.1 Å². The lowest BCUT2D eigenvalue weighted by atomic mass is 10.2. The van der Waals surface area contributed by atoms with Crippen molar-refractivity contribution >= 4 is 5.97 Å². The Bertz CT molecular complexity index is 577. The molecule has 2 aromatic rings. The van der Waals surface area contributed by atoms with Crippen LogP contribution in [0.2, 0.25) is 0 Å². The summed E-state index contributed by atoms with van der Waals surface area (Å²) in [6.45, 7) is 3.52. The van der Waals surface area contributed by atoms with Crippen LogP contribution in [0.15, 0.2) is 40.8 Å². The minimum atomic E-state index is -0.986. The van der Waals surface area contributed by atoms with Gasteiger partial charge in [0.1, 0.15) is 29.4 Å². The smallest absolute Gasteiger partial charge is 0.339 e. The quantitative estimate of drug-likeness (QED) is 0.759. The highest BCUT2D eigenvalue weighted by Gasteiger charge is 2.09. The van der Waals surface area contributed by atoms with Gasteiger partial charge in [-0.1, -0.05) is 12.1 Å². The minimum absolute atomic E-state index is 0.175. The van der Waals surface area contributed by atoms with Crippen molar-refractivity contribution in [2.75, 3.05) is 13.2 Å². The van der Waals surface area contributed by atoms with Crippen molar-refractivity contribution in [2.24, 2.45) is 0 Å². The number of hydrogen-bond donors (Lipinski definition) is 2. The second kappa shape index (κ2) is 6.77. The maximum Gasteiger partial charge on any atom is 0.339 e. The van der Waals surface area contributed by atoms with Crippen LogP contribution in [-0.2, 0) is 6.54 Å². The predicted octanol–water partition coefficient (Wildman–Crippen LogP) is 2.45. The molecule has 0 fully saturated rings. The van der Waals surface area contributed by atoms with E-state index >= 15 is 0 Å². The molecule has 0 aliphatic carbocycles. The van der Waals surface area contributed by atoms with Crippen LogP contribution in [0, 0.1) is 6.92 Å². The van der Waals surface area contributed by atoms with Crippen molar-refractivity contribution in [3.05, 3.63) is 53.5 Å². The molecule has 0 saturated heterocycles. The molecule has 2 rings (SSSR count). The van der Waals surface area contributed by atoms with Crippen LogP contribution >= 0.6 is 0 Å². The van der Waals surface area contributed by atoms with E-state index in [0.29, 0.717) is 25.4 Å². The highest BCUT2D eigenvalue weighted by Crippen LogP contribution is 2.17. The van der Waals surface area contributed by atoms with Gasteiger partial charge < -0.3 is 19.6 Å². The highest BCUT2D eigenvalue weighted by molar-refractivity contribution is 5.90. The minimum Gasteiger partial charge on any atom is -0.491 e. The van der Waals surface area contributed by atoms with Crippen LogP contribution in [0.5, 0.6) is 5.75 Å². The summed E-state index contributed by atoms with van der Waals surface area (Å²) in [4.78, 5) is 11.0. The fourth-order valence-corrected chi connectivity index (χ4v) is 1.79. The van der Waals surface area contributed by atoms with Gasteiger partial charge in [0.25, 0.3) is 0 Å². The van der Waals surface area contributed by atoms with Gasteiger partial charge >= 0.3 is 5.97 Å². The number of rotatable bonds is 7. The third-order valence-corrected chi connectivity index (χ3v) is 2.75. The molecule has 1 heterocycles. The number of carboxylic acids is 1. The molecule has 2 N–H and O–H groups in total. The molecule has 20 heavy (non-hydrogen) atoms. The summed E-state index contributed by atoms with van der Waals surface area (Å²) in [5.41, 5.74) is 0.175. The lowest BCUT2D eigenvalue weighted by Crippen LogP contribution is -2.20. The molecule has 0 amide bonds. The van der Waals surface area contributed by atoms with Crippen LogP contribution in [-0.4, -0.2) is 24.2 Å². The van der Waals surface area contributed by atoms with Gasteiger partial charge in [-0.3, -0.25) is 0 Å². The SMILES string of the molecule is Cc1ccc(CNCCOc2ccccc2C(=O)O)o1. The molecule has 5 nitrogen and oxygen atoms in total. The van der Waals surface area contributed by atoms with E-state index in [2.05, 4.69) is 5.32 Å². The number of aromatic carboxylic acids is 1. The van der Waals surface area contributed by atoms with E-state index in [1.54, 1.807) is 18.2 Å². The Morgan fingerprint density at radius 3 is 2.80 bits per heavy atom. The average Bonchev–Trinajstić information content (AvgIpc) is 2.84. The monoisotopic (exact) mass is 275 g/mol. The summed E-state index contributed by atoms with van der Waals surface area (Å²) >= 11 is 0. The van der Waals surface area contributed by atoms with E-state index in [4.69, 9.17) is 14.3 Å². The first kappa shape index (κ1) is 14.1. The summed E-state index contributed by atoms with van der Waals surface area (Å²) in [5, 5.41) is 12.2. The lowest BCUT2D eigenvalue weighted by molar-refractivity contribution is 0.0692. The molecule has 0 atom stereocenters. The van der Waals surface area contributed by atoms with E-state index in [9.17, 15) is 4.79 Å². The van der Waals surface area contributed by atoms with Crippen LogP contribution in [0.4, 0.5) is 0 Å². The summed E-state index contributed by atoms with van der Waals surface area (Å²) in [6, 6.07) is 10.4. The van der Waals surface area contributed by atoms with Gasteiger partial charge in [-0.05, 0) is 31.2 Å². The highest BCUT2D eigenvalue weighted by atomic mass is 16.5. The Morgan fingerprint density at radius 1 is 1.30 bits per heavy atom. The number of ether oxygens (including phenoxy) is 1. The normalized spacial score (nSPS) is 10.4. The number of carboxylic acid groups (broad SMARTS) is 1. The molecule has 0 unspecified atom stereocenters. The van der Waals surface area contributed by atoms with Gasteiger partial charge in [-0.2, -0.15) is 0 Å². The Kier molecular flexibility index (Phi) is 4.79. The van der Waals surface area contributed by atoms with Crippen molar-refractivity contribution in [1.82, 2.24) is 5.32 Å². The third-order valence-electron chi connectivity index (χ3n) is 2.75. The number of para-hydroxylation sites is 1. The summed E-state index contributed by atoms with van der Waals surface area (Å²) in [5.74, 6) is 1.15. The van der Waals surface area contributed by atoms with Crippen LogP contribution in [0.1, 0.15) is 21.9 Å². The molecule has 5 heteroatoms. The van der Waals surface area contributed by atoms with Crippen LogP contribution in [0.25, 0.3) is 0 Å². The molecule has 0 spiro atoms. The molecule has 1 aromatic carbocycles. The van der Waals surface area contributed by atoms with Gasteiger partial charge in [-0.25, -0.2) is 4.79 Å². The standard InChI is InChI=1S/C15H17NO4/c1-11-6-7-12(20-11)10-16-8-9-19-14-5-3-2-4-13(14)15(17)18/h2-7,16H,8-10H2,1H3,(H,17,18). The summed E-state index contributed by atoms with van der Waals surface area (Å²) in [7, 11) is 0. The van der Waals surface area contributed by atoms with Crippen molar-refractivity contribution in [2.45, 2.75) is 13.5 Å². The van der Waals surface area contributed by atoms with E-state index in [1.807, 2.05) is 19.1 Å². The zero-order valence-electron chi connectivity index (χ0n) is 11.3. The Labute approximate surface area is 117 Å². The average molecular weight is 275 g/mol. The number of aryl methyl sites for hydroxylation is 1. The molecule has 0 aliphatic heterocycles. The zero-order valence-corrected chi connectivity index (χ0v) is 11.3. The van der Waals surface area contributed by atoms with Crippen molar-refractivity contribution in [1.29, 1.82) is 0 Å². The second-order valence-corrected chi connectivity index (χ2v) is 4.34. The molecule has 0 saturated carbocycles. The maximum atomic E-state index is 11.0. The molecule has 0 radical (unpaired) electrons. The van der Waals surface area contributed by atoms with Gasteiger partial charge in [-0.15, -0.1) is 0 Å². The topological polar surface area (TPSA) is 71.7 Å². The van der Waals surface area contributed by atoms with Crippen molar-refractivity contribution in [3.63, 3.8) is 0 Å².